The minimum absolute atomic E-state index is 0.360. The average molecular weight is 149 g/mol. The second kappa shape index (κ2) is 2.89. The summed E-state index contributed by atoms with van der Waals surface area (Å²) in [6.45, 7) is 4.11. The Kier molecular flexibility index (Phi) is 2.36. The number of alkyl halides is 1. The van der Waals surface area contributed by atoms with Crippen molar-refractivity contribution in [2.24, 2.45) is 0 Å². The Balaban J connectivity index is 2.04. The molecule has 0 aromatic heterocycles. The van der Waals surface area contributed by atoms with E-state index in [0.29, 0.717) is 17.6 Å². The molecule has 0 N–H and O–H groups in total. The smallest absolute Gasteiger partial charge is 0.0606 e. The Labute approximate surface area is 61.3 Å². The first-order valence-electron chi connectivity index (χ1n) is 3.48. The zero-order valence-corrected chi connectivity index (χ0v) is 6.69. The average Bonchev–Trinajstić information content (AvgIpc) is 1.60. The molecular weight excluding hydrogens is 136 g/mol. The zero-order chi connectivity index (χ0) is 6.85. The molecule has 0 aromatic rings. The van der Waals surface area contributed by atoms with Gasteiger partial charge < -0.3 is 4.74 Å². The molecule has 0 bridgehead atoms. The lowest BCUT2D eigenvalue weighted by molar-refractivity contribution is -0.0325. The van der Waals surface area contributed by atoms with Crippen LogP contribution < -0.4 is 0 Å². The topological polar surface area (TPSA) is 9.23 Å². The van der Waals surface area contributed by atoms with Crippen LogP contribution in [0.1, 0.15) is 26.7 Å². The van der Waals surface area contributed by atoms with Crippen molar-refractivity contribution in [3.05, 3.63) is 0 Å². The fraction of sp³-hybridized carbons (Fsp3) is 1.00. The Morgan fingerprint density at radius 1 is 1.44 bits per heavy atom. The normalized spacial score (nSPS) is 34.7. The highest BCUT2D eigenvalue weighted by molar-refractivity contribution is 6.21. The van der Waals surface area contributed by atoms with Crippen LogP contribution in [0.2, 0.25) is 0 Å². The third-order valence-electron chi connectivity index (χ3n) is 1.50. The lowest BCUT2D eigenvalue weighted by Crippen LogP contribution is -2.33. The van der Waals surface area contributed by atoms with E-state index in [0.717, 1.165) is 12.8 Å². The molecule has 0 atom stereocenters. The molecule has 0 spiro atoms. The summed E-state index contributed by atoms with van der Waals surface area (Å²) in [7, 11) is 0. The van der Waals surface area contributed by atoms with Crippen LogP contribution in [0.5, 0.6) is 0 Å². The van der Waals surface area contributed by atoms with Crippen molar-refractivity contribution in [2.75, 3.05) is 0 Å². The third kappa shape index (κ3) is 2.15. The highest BCUT2D eigenvalue weighted by Gasteiger charge is 2.28. The van der Waals surface area contributed by atoms with E-state index in [1.165, 1.54) is 0 Å². The minimum Gasteiger partial charge on any atom is -0.375 e. The Morgan fingerprint density at radius 3 is 2.33 bits per heavy atom. The predicted molar refractivity (Wildman–Crippen MR) is 38.9 cm³/mol. The van der Waals surface area contributed by atoms with Crippen LogP contribution >= 0.6 is 11.6 Å². The van der Waals surface area contributed by atoms with E-state index < -0.39 is 0 Å². The molecule has 0 radical (unpaired) electrons. The van der Waals surface area contributed by atoms with Crippen molar-refractivity contribution in [3.8, 4) is 0 Å². The minimum atomic E-state index is 0.360. The van der Waals surface area contributed by atoms with Crippen molar-refractivity contribution in [2.45, 2.75) is 44.3 Å². The van der Waals surface area contributed by atoms with Gasteiger partial charge >= 0.3 is 0 Å². The van der Waals surface area contributed by atoms with Gasteiger partial charge in [-0.25, -0.2) is 0 Å². The van der Waals surface area contributed by atoms with E-state index >= 15 is 0 Å². The van der Waals surface area contributed by atoms with Crippen LogP contribution in [0.25, 0.3) is 0 Å². The molecular formula is C7H13ClO. The standard InChI is InChI=1S/C7H13ClO/c1-5(2)9-7-3-6(8)4-7/h5-7H,3-4H2,1-2H3. The first kappa shape index (κ1) is 7.36. The molecule has 0 aliphatic heterocycles. The predicted octanol–water partition coefficient (Wildman–Crippen LogP) is 2.18. The largest absolute Gasteiger partial charge is 0.375 e. The maximum atomic E-state index is 5.75. The summed E-state index contributed by atoms with van der Waals surface area (Å²) < 4.78 is 5.47. The third-order valence-corrected chi connectivity index (χ3v) is 1.86. The molecule has 1 rings (SSSR count). The molecule has 0 unspecified atom stereocenters. The van der Waals surface area contributed by atoms with Gasteiger partial charge in [-0.3, -0.25) is 0 Å². The molecule has 1 aliphatic carbocycles. The molecule has 0 heterocycles. The molecule has 54 valence electrons. The summed E-state index contributed by atoms with van der Waals surface area (Å²) in [4.78, 5) is 0. The molecule has 1 fully saturated rings. The van der Waals surface area contributed by atoms with Gasteiger partial charge in [0.2, 0.25) is 0 Å². The van der Waals surface area contributed by atoms with E-state index in [-0.39, 0.29) is 0 Å². The van der Waals surface area contributed by atoms with Crippen molar-refractivity contribution in [1.29, 1.82) is 0 Å². The number of halogens is 1. The van der Waals surface area contributed by atoms with E-state index in [1.54, 1.807) is 0 Å². The summed E-state index contributed by atoms with van der Waals surface area (Å²) in [6.07, 6.45) is 2.89. The van der Waals surface area contributed by atoms with Gasteiger partial charge in [-0.15, -0.1) is 11.6 Å². The Morgan fingerprint density at radius 2 is 2.00 bits per heavy atom. The maximum Gasteiger partial charge on any atom is 0.0606 e. The van der Waals surface area contributed by atoms with E-state index in [4.69, 9.17) is 16.3 Å². The molecule has 1 nitrogen and oxygen atoms in total. The van der Waals surface area contributed by atoms with Gasteiger partial charge in [-0.2, -0.15) is 0 Å². The van der Waals surface area contributed by atoms with E-state index in [9.17, 15) is 0 Å². The summed E-state index contributed by atoms with van der Waals surface area (Å²) in [6, 6.07) is 0. The van der Waals surface area contributed by atoms with Crippen LogP contribution in [0.15, 0.2) is 0 Å². The van der Waals surface area contributed by atoms with Gasteiger partial charge in [0, 0.05) is 5.38 Å². The van der Waals surface area contributed by atoms with Crippen molar-refractivity contribution in [1.82, 2.24) is 0 Å². The molecule has 1 aliphatic rings. The van der Waals surface area contributed by atoms with Gasteiger partial charge in [-0.05, 0) is 26.7 Å². The van der Waals surface area contributed by atoms with Crippen molar-refractivity contribution >= 4 is 11.6 Å². The summed E-state index contributed by atoms with van der Waals surface area (Å²) in [5.41, 5.74) is 0. The lowest BCUT2D eigenvalue weighted by atomic mass is 9.95. The Bertz CT molecular complexity index is 86.9. The van der Waals surface area contributed by atoms with Crippen molar-refractivity contribution in [3.63, 3.8) is 0 Å². The van der Waals surface area contributed by atoms with Gasteiger partial charge in [0.1, 0.15) is 0 Å². The van der Waals surface area contributed by atoms with Crippen LogP contribution in [0.3, 0.4) is 0 Å². The number of hydrogen-bond donors (Lipinski definition) is 0. The maximum absolute atomic E-state index is 5.75. The molecule has 0 saturated heterocycles. The highest BCUT2D eigenvalue weighted by atomic mass is 35.5. The first-order chi connectivity index (χ1) is 4.18. The summed E-state index contributed by atoms with van der Waals surface area (Å²) in [5, 5.41) is 0.383. The number of ether oxygens (including phenoxy) is 1. The number of rotatable bonds is 2. The SMILES string of the molecule is CC(C)OC1CC(Cl)C1. The van der Waals surface area contributed by atoms with Gasteiger partial charge in [0.05, 0.1) is 12.2 Å². The first-order valence-corrected chi connectivity index (χ1v) is 3.91. The fourth-order valence-corrected chi connectivity index (χ4v) is 1.39. The van der Waals surface area contributed by atoms with Crippen LogP contribution in [0.4, 0.5) is 0 Å². The second-order valence-electron chi connectivity index (χ2n) is 2.88. The second-order valence-corrected chi connectivity index (χ2v) is 3.49. The van der Waals surface area contributed by atoms with Gasteiger partial charge in [0.15, 0.2) is 0 Å². The van der Waals surface area contributed by atoms with E-state index in [1.807, 2.05) is 0 Å². The van der Waals surface area contributed by atoms with Crippen LogP contribution in [-0.2, 0) is 4.74 Å². The molecule has 0 amide bonds. The lowest BCUT2D eigenvalue weighted by Gasteiger charge is -2.32. The fourth-order valence-electron chi connectivity index (χ4n) is 0.997. The summed E-state index contributed by atoms with van der Waals surface area (Å²) in [5.74, 6) is 0. The quantitative estimate of drug-likeness (QED) is 0.546. The summed E-state index contributed by atoms with van der Waals surface area (Å²) >= 11 is 5.75. The monoisotopic (exact) mass is 148 g/mol. The number of hydrogen-bond acceptors (Lipinski definition) is 1. The molecule has 9 heavy (non-hydrogen) atoms. The van der Waals surface area contributed by atoms with Gasteiger partial charge in [-0.1, -0.05) is 0 Å². The zero-order valence-electron chi connectivity index (χ0n) is 5.93. The molecule has 2 heteroatoms. The molecule has 0 aromatic carbocycles. The van der Waals surface area contributed by atoms with Crippen LogP contribution in [0, 0.1) is 0 Å². The van der Waals surface area contributed by atoms with Gasteiger partial charge in [0.25, 0.3) is 0 Å². The highest BCUT2D eigenvalue weighted by Crippen LogP contribution is 2.28. The van der Waals surface area contributed by atoms with Crippen LogP contribution in [-0.4, -0.2) is 17.6 Å². The molecule has 1 saturated carbocycles. The Hall–Kier alpha value is 0.250. The van der Waals surface area contributed by atoms with Crippen molar-refractivity contribution < 1.29 is 4.74 Å². The van der Waals surface area contributed by atoms with E-state index in [2.05, 4.69) is 13.8 Å².